The van der Waals surface area contributed by atoms with Gasteiger partial charge < -0.3 is 4.98 Å². The minimum Gasteiger partial charge on any atom is -0.330 e. The second kappa shape index (κ2) is 4.05. The molecular formula is C11H7BrN4S. The normalized spacial score (nSPS) is 10.9. The Labute approximate surface area is 110 Å². The number of benzene rings is 1. The molecule has 0 aliphatic carbocycles. The van der Waals surface area contributed by atoms with Crippen LogP contribution in [0.15, 0.2) is 41.3 Å². The monoisotopic (exact) mass is 306 g/mol. The number of H-pyrrole nitrogens is 1. The van der Waals surface area contributed by atoms with E-state index >= 15 is 0 Å². The predicted molar refractivity (Wildman–Crippen MR) is 71.7 cm³/mol. The highest BCUT2D eigenvalue weighted by Gasteiger charge is 2.08. The summed E-state index contributed by atoms with van der Waals surface area (Å²) in [6.45, 7) is 0. The first-order chi connectivity index (χ1) is 8.27. The van der Waals surface area contributed by atoms with E-state index in [0.29, 0.717) is 4.64 Å². The molecule has 84 valence electrons. The van der Waals surface area contributed by atoms with Gasteiger partial charge >= 0.3 is 0 Å². The Kier molecular flexibility index (Phi) is 2.53. The van der Waals surface area contributed by atoms with Crippen molar-refractivity contribution in [1.82, 2.24) is 19.7 Å². The van der Waals surface area contributed by atoms with Gasteiger partial charge in [0.25, 0.3) is 0 Å². The molecule has 0 aliphatic heterocycles. The Morgan fingerprint density at radius 1 is 1.29 bits per heavy atom. The van der Waals surface area contributed by atoms with Gasteiger partial charge in [0, 0.05) is 4.47 Å². The highest BCUT2D eigenvalue weighted by Crippen LogP contribution is 2.23. The molecular weight excluding hydrogens is 300 g/mol. The van der Waals surface area contributed by atoms with Crippen molar-refractivity contribution in [3.63, 3.8) is 0 Å². The Balaban J connectivity index is 2.36. The van der Waals surface area contributed by atoms with Gasteiger partial charge in [-0.15, -0.1) is 0 Å². The van der Waals surface area contributed by atoms with Gasteiger partial charge in [-0.1, -0.05) is 24.4 Å². The van der Waals surface area contributed by atoms with Gasteiger partial charge in [-0.3, -0.25) is 0 Å². The minimum absolute atomic E-state index is 0.553. The number of nitrogens with one attached hydrogen (secondary N) is 1. The summed E-state index contributed by atoms with van der Waals surface area (Å²) in [5.74, 6) is 0. The first kappa shape index (κ1) is 10.6. The molecule has 0 saturated heterocycles. The van der Waals surface area contributed by atoms with Crippen molar-refractivity contribution in [3.05, 3.63) is 45.9 Å². The highest BCUT2D eigenvalue weighted by molar-refractivity contribution is 9.10. The maximum atomic E-state index is 5.15. The minimum atomic E-state index is 0.553. The van der Waals surface area contributed by atoms with E-state index in [4.69, 9.17) is 12.2 Å². The predicted octanol–water partition coefficient (Wildman–Crippen LogP) is 3.24. The summed E-state index contributed by atoms with van der Waals surface area (Å²) >= 11 is 8.66. The van der Waals surface area contributed by atoms with Crippen LogP contribution in [0.5, 0.6) is 0 Å². The molecule has 1 N–H and O–H groups in total. The Hall–Kier alpha value is -1.53. The molecule has 17 heavy (non-hydrogen) atoms. The number of fused-ring (bicyclic) bond motifs is 1. The molecule has 6 heteroatoms. The van der Waals surface area contributed by atoms with Crippen molar-refractivity contribution in [2.24, 2.45) is 0 Å². The Morgan fingerprint density at radius 3 is 2.94 bits per heavy atom. The van der Waals surface area contributed by atoms with Crippen LogP contribution >= 0.6 is 28.1 Å². The molecule has 0 atom stereocenters. The van der Waals surface area contributed by atoms with Gasteiger partial charge in [-0.05, 0) is 28.1 Å². The number of halogens is 1. The zero-order chi connectivity index (χ0) is 11.8. The lowest BCUT2D eigenvalue weighted by atomic mass is 10.3. The van der Waals surface area contributed by atoms with Crippen LogP contribution in [0.4, 0.5) is 0 Å². The van der Waals surface area contributed by atoms with Crippen molar-refractivity contribution in [3.8, 4) is 5.69 Å². The zero-order valence-electron chi connectivity index (χ0n) is 8.59. The molecule has 1 aromatic carbocycles. The first-order valence-electron chi connectivity index (χ1n) is 4.94. The molecule has 0 saturated carbocycles. The lowest BCUT2D eigenvalue weighted by Gasteiger charge is -2.05. The molecule has 3 rings (SSSR count). The third-order valence-electron chi connectivity index (χ3n) is 2.46. The maximum absolute atomic E-state index is 5.15. The fourth-order valence-electron chi connectivity index (χ4n) is 1.67. The molecule has 0 fully saturated rings. The molecule has 2 aromatic heterocycles. The molecule has 2 heterocycles. The van der Waals surface area contributed by atoms with Crippen LogP contribution in [0.1, 0.15) is 0 Å². The molecule has 0 bridgehead atoms. The Morgan fingerprint density at radius 2 is 2.12 bits per heavy atom. The van der Waals surface area contributed by atoms with Crippen LogP contribution in [-0.2, 0) is 0 Å². The molecule has 0 aliphatic rings. The largest absolute Gasteiger partial charge is 0.330 e. The molecule has 3 aromatic rings. The fourth-order valence-corrected chi connectivity index (χ4v) is 2.33. The summed E-state index contributed by atoms with van der Waals surface area (Å²) in [5, 5.41) is 5.18. The summed E-state index contributed by atoms with van der Waals surface area (Å²) < 4.78 is 3.33. The topological polar surface area (TPSA) is 46.5 Å². The number of aromatic nitrogens is 4. The van der Waals surface area contributed by atoms with Crippen LogP contribution in [-0.4, -0.2) is 19.7 Å². The van der Waals surface area contributed by atoms with Crippen molar-refractivity contribution >= 4 is 39.2 Å². The van der Waals surface area contributed by atoms with Crippen molar-refractivity contribution < 1.29 is 0 Å². The third-order valence-corrected chi connectivity index (χ3v) is 3.46. The summed E-state index contributed by atoms with van der Waals surface area (Å²) in [5.41, 5.74) is 1.80. The molecule has 0 radical (unpaired) electrons. The van der Waals surface area contributed by atoms with Crippen LogP contribution in [0.25, 0.3) is 16.7 Å². The van der Waals surface area contributed by atoms with Crippen LogP contribution < -0.4 is 0 Å². The summed E-state index contributed by atoms with van der Waals surface area (Å²) in [6.07, 6.45) is 3.31. The first-order valence-corrected chi connectivity index (χ1v) is 6.14. The van der Waals surface area contributed by atoms with Gasteiger partial charge in [0.05, 0.1) is 23.6 Å². The van der Waals surface area contributed by atoms with Gasteiger partial charge in [-0.25, -0.2) is 9.67 Å². The lowest BCUT2D eigenvalue weighted by Crippen LogP contribution is -1.98. The molecule has 0 unspecified atom stereocenters. The van der Waals surface area contributed by atoms with Crippen LogP contribution in [0, 0.1) is 4.64 Å². The second-order valence-electron chi connectivity index (χ2n) is 3.48. The molecule has 0 amide bonds. The summed E-state index contributed by atoms with van der Waals surface area (Å²) in [4.78, 5) is 7.10. The maximum Gasteiger partial charge on any atom is 0.145 e. The fraction of sp³-hybridized carbons (Fsp3) is 0. The average Bonchev–Trinajstić information content (AvgIpc) is 2.75. The highest BCUT2D eigenvalue weighted by atomic mass is 79.9. The van der Waals surface area contributed by atoms with Crippen LogP contribution in [0.2, 0.25) is 0 Å². The second-order valence-corrected chi connectivity index (χ2v) is 4.72. The smallest absolute Gasteiger partial charge is 0.145 e. The van der Waals surface area contributed by atoms with Gasteiger partial charge in [-0.2, -0.15) is 5.10 Å². The van der Waals surface area contributed by atoms with E-state index in [0.717, 1.165) is 21.2 Å². The summed E-state index contributed by atoms with van der Waals surface area (Å²) in [7, 11) is 0. The lowest BCUT2D eigenvalue weighted by molar-refractivity contribution is 0.890. The van der Waals surface area contributed by atoms with Gasteiger partial charge in [0.15, 0.2) is 0 Å². The zero-order valence-corrected chi connectivity index (χ0v) is 11.0. The van der Waals surface area contributed by atoms with E-state index in [2.05, 4.69) is 31.0 Å². The number of rotatable bonds is 1. The van der Waals surface area contributed by atoms with Crippen molar-refractivity contribution in [2.75, 3.05) is 0 Å². The molecule has 0 spiro atoms. The van der Waals surface area contributed by atoms with Gasteiger partial charge in [0.2, 0.25) is 0 Å². The molecule has 4 nitrogen and oxygen atoms in total. The number of hydrogen-bond acceptors (Lipinski definition) is 3. The number of para-hydroxylation sites is 1. The van der Waals surface area contributed by atoms with E-state index < -0.39 is 0 Å². The number of nitrogens with zero attached hydrogens (tertiary/aromatic N) is 3. The van der Waals surface area contributed by atoms with Crippen molar-refractivity contribution in [2.45, 2.75) is 0 Å². The standard InChI is InChI=1S/C11H7BrN4S/c12-8-3-1-2-4-9(8)16-10-7(5-15-16)11(17)14-6-13-10/h1-6H,(H,13,14,17). The van der Waals surface area contributed by atoms with E-state index in [-0.39, 0.29) is 0 Å². The van der Waals surface area contributed by atoms with Crippen molar-refractivity contribution in [1.29, 1.82) is 0 Å². The Bertz CT molecular complexity index is 746. The summed E-state index contributed by atoms with van der Waals surface area (Å²) in [6, 6.07) is 7.87. The van der Waals surface area contributed by atoms with Gasteiger partial charge in [0.1, 0.15) is 10.3 Å². The number of hydrogen-bond donors (Lipinski definition) is 1. The SMILES string of the molecule is S=c1nc[nH]c2c1cnn2-c1ccccc1Br. The van der Waals surface area contributed by atoms with E-state index in [1.165, 1.54) is 0 Å². The average molecular weight is 307 g/mol. The van der Waals surface area contributed by atoms with E-state index in [9.17, 15) is 0 Å². The third kappa shape index (κ3) is 1.69. The number of aromatic amines is 1. The van der Waals surface area contributed by atoms with E-state index in [1.807, 2.05) is 24.3 Å². The van der Waals surface area contributed by atoms with Crippen LogP contribution in [0.3, 0.4) is 0 Å². The van der Waals surface area contributed by atoms with E-state index in [1.54, 1.807) is 17.2 Å². The quantitative estimate of drug-likeness (QED) is 0.702.